The van der Waals surface area contributed by atoms with Crippen LogP contribution in [-0.2, 0) is 4.79 Å². The molecule has 0 N–H and O–H groups in total. The summed E-state index contributed by atoms with van der Waals surface area (Å²) in [6, 6.07) is 6.32. The van der Waals surface area contributed by atoms with Crippen molar-refractivity contribution in [1.29, 1.82) is 0 Å². The number of amides is 1. The molecule has 2 aliphatic rings. The van der Waals surface area contributed by atoms with Crippen LogP contribution in [0.3, 0.4) is 0 Å². The molecule has 0 unspecified atom stereocenters. The predicted molar refractivity (Wildman–Crippen MR) is 84.2 cm³/mol. The van der Waals surface area contributed by atoms with E-state index in [1.807, 2.05) is 36.3 Å². The monoisotopic (exact) mass is 287 g/mol. The Bertz CT molecular complexity index is 464. The van der Waals surface area contributed by atoms with Gasteiger partial charge < -0.3 is 9.80 Å². The molecule has 114 valence electrons. The molecule has 2 fully saturated rings. The van der Waals surface area contributed by atoms with Crippen molar-refractivity contribution in [2.24, 2.45) is 5.92 Å². The molecule has 1 aliphatic carbocycles. The number of pyridine rings is 1. The largest absolute Gasteiger partial charge is 0.352 e. The number of likely N-dealkylation sites (N-methyl/N-ethyl adjacent to an activating group) is 1. The van der Waals surface area contributed by atoms with Crippen LogP contribution in [0, 0.1) is 5.92 Å². The zero-order chi connectivity index (χ0) is 14.7. The molecule has 0 bridgehead atoms. The maximum atomic E-state index is 12.4. The van der Waals surface area contributed by atoms with Gasteiger partial charge in [0.2, 0.25) is 5.91 Å². The molecule has 1 amide bonds. The van der Waals surface area contributed by atoms with Crippen LogP contribution < -0.4 is 4.90 Å². The summed E-state index contributed by atoms with van der Waals surface area (Å²) in [6.45, 7) is 1.81. The number of nitrogens with zero attached hydrogens (tertiary/aromatic N) is 3. The zero-order valence-electron chi connectivity index (χ0n) is 12.9. The van der Waals surface area contributed by atoms with E-state index in [0.29, 0.717) is 17.9 Å². The summed E-state index contributed by atoms with van der Waals surface area (Å²) >= 11 is 0. The minimum atomic E-state index is 0.326. The van der Waals surface area contributed by atoms with Gasteiger partial charge in [0.1, 0.15) is 5.82 Å². The number of anilines is 1. The Balaban J connectivity index is 1.46. The number of hydrogen-bond donors (Lipinski definition) is 0. The van der Waals surface area contributed by atoms with Crippen molar-refractivity contribution in [1.82, 2.24) is 9.88 Å². The van der Waals surface area contributed by atoms with Gasteiger partial charge in [-0.2, -0.15) is 0 Å². The molecule has 1 saturated carbocycles. The van der Waals surface area contributed by atoms with Crippen LogP contribution in [0.15, 0.2) is 24.4 Å². The fraction of sp³-hybridized carbons (Fsp3) is 0.647. The molecule has 0 radical (unpaired) electrons. The molecule has 3 rings (SSSR count). The van der Waals surface area contributed by atoms with E-state index >= 15 is 0 Å². The molecule has 1 aromatic rings. The highest BCUT2D eigenvalue weighted by atomic mass is 16.2. The third kappa shape index (κ3) is 3.36. The van der Waals surface area contributed by atoms with Crippen molar-refractivity contribution >= 4 is 11.7 Å². The van der Waals surface area contributed by atoms with Gasteiger partial charge in [0.25, 0.3) is 0 Å². The molecular weight excluding hydrogens is 262 g/mol. The lowest BCUT2D eigenvalue weighted by molar-refractivity contribution is -0.133. The fourth-order valence-corrected chi connectivity index (χ4v) is 3.41. The first-order valence-corrected chi connectivity index (χ1v) is 8.15. The number of hydrogen-bond acceptors (Lipinski definition) is 3. The van der Waals surface area contributed by atoms with Gasteiger partial charge in [0, 0.05) is 32.8 Å². The molecule has 2 heterocycles. The molecular formula is C17H25N3O. The van der Waals surface area contributed by atoms with Gasteiger partial charge >= 0.3 is 0 Å². The second kappa shape index (κ2) is 6.46. The van der Waals surface area contributed by atoms with E-state index in [0.717, 1.165) is 25.3 Å². The molecule has 1 aliphatic heterocycles. The summed E-state index contributed by atoms with van der Waals surface area (Å²) in [4.78, 5) is 20.9. The molecule has 4 nitrogen and oxygen atoms in total. The summed E-state index contributed by atoms with van der Waals surface area (Å²) in [5.74, 6) is 1.97. The lowest BCUT2D eigenvalue weighted by Crippen LogP contribution is -2.60. The Morgan fingerprint density at radius 3 is 2.71 bits per heavy atom. The SMILES string of the molecule is CN(C(=O)CC1CCCCC1)C1CN(c2ccccn2)C1. The summed E-state index contributed by atoms with van der Waals surface area (Å²) in [5, 5.41) is 0. The van der Waals surface area contributed by atoms with Crippen molar-refractivity contribution in [3.63, 3.8) is 0 Å². The van der Waals surface area contributed by atoms with E-state index in [1.54, 1.807) is 0 Å². The second-order valence-corrected chi connectivity index (χ2v) is 6.46. The van der Waals surface area contributed by atoms with Gasteiger partial charge in [-0.15, -0.1) is 0 Å². The number of rotatable bonds is 4. The highest BCUT2D eigenvalue weighted by Gasteiger charge is 2.33. The molecule has 0 atom stereocenters. The molecule has 0 aromatic carbocycles. The van der Waals surface area contributed by atoms with Crippen LogP contribution in [0.5, 0.6) is 0 Å². The van der Waals surface area contributed by atoms with E-state index in [-0.39, 0.29) is 0 Å². The minimum Gasteiger partial charge on any atom is -0.352 e. The first-order chi connectivity index (χ1) is 10.2. The Kier molecular flexibility index (Phi) is 4.42. The van der Waals surface area contributed by atoms with Crippen molar-refractivity contribution in [3.8, 4) is 0 Å². The van der Waals surface area contributed by atoms with Crippen molar-refractivity contribution in [3.05, 3.63) is 24.4 Å². The van der Waals surface area contributed by atoms with Crippen LogP contribution in [0.1, 0.15) is 38.5 Å². The summed E-state index contributed by atoms with van der Waals surface area (Å²) < 4.78 is 0. The quantitative estimate of drug-likeness (QED) is 0.854. The molecule has 1 aromatic heterocycles. The van der Waals surface area contributed by atoms with Crippen LogP contribution in [0.25, 0.3) is 0 Å². The summed E-state index contributed by atoms with van der Waals surface area (Å²) in [6.07, 6.45) is 9.01. The van der Waals surface area contributed by atoms with E-state index in [9.17, 15) is 4.79 Å². The fourth-order valence-electron chi connectivity index (χ4n) is 3.41. The van der Waals surface area contributed by atoms with E-state index < -0.39 is 0 Å². The minimum absolute atomic E-state index is 0.326. The maximum Gasteiger partial charge on any atom is 0.222 e. The lowest BCUT2D eigenvalue weighted by atomic mass is 9.86. The molecule has 0 spiro atoms. The zero-order valence-corrected chi connectivity index (χ0v) is 12.9. The second-order valence-electron chi connectivity index (χ2n) is 6.46. The Morgan fingerprint density at radius 2 is 2.05 bits per heavy atom. The normalized spacial score (nSPS) is 20.1. The molecule has 1 saturated heterocycles. The smallest absolute Gasteiger partial charge is 0.222 e. The Morgan fingerprint density at radius 1 is 1.29 bits per heavy atom. The Hall–Kier alpha value is -1.58. The van der Waals surface area contributed by atoms with Gasteiger partial charge in [0.15, 0.2) is 0 Å². The maximum absolute atomic E-state index is 12.4. The first kappa shape index (κ1) is 14.4. The van der Waals surface area contributed by atoms with Crippen molar-refractivity contribution in [2.45, 2.75) is 44.6 Å². The first-order valence-electron chi connectivity index (χ1n) is 8.15. The van der Waals surface area contributed by atoms with E-state index in [2.05, 4.69) is 9.88 Å². The highest BCUT2D eigenvalue weighted by Crippen LogP contribution is 2.28. The number of carbonyl (C=O) groups excluding carboxylic acids is 1. The topological polar surface area (TPSA) is 36.4 Å². The van der Waals surface area contributed by atoms with Crippen molar-refractivity contribution < 1.29 is 4.79 Å². The van der Waals surface area contributed by atoms with Gasteiger partial charge in [-0.05, 0) is 30.9 Å². The third-order valence-electron chi connectivity index (χ3n) is 4.96. The van der Waals surface area contributed by atoms with Crippen molar-refractivity contribution in [2.75, 3.05) is 25.0 Å². The lowest BCUT2D eigenvalue weighted by Gasteiger charge is -2.45. The van der Waals surface area contributed by atoms with Crippen LogP contribution in [0.2, 0.25) is 0 Å². The van der Waals surface area contributed by atoms with Gasteiger partial charge in [-0.1, -0.05) is 25.3 Å². The average Bonchev–Trinajstić information content (AvgIpc) is 2.48. The van der Waals surface area contributed by atoms with Gasteiger partial charge in [-0.3, -0.25) is 4.79 Å². The molecule has 4 heteroatoms. The summed E-state index contributed by atoms with van der Waals surface area (Å²) in [7, 11) is 1.96. The number of aromatic nitrogens is 1. The number of carbonyl (C=O) groups is 1. The summed E-state index contributed by atoms with van der Waals surface area (Å²) in [5.41, 5.74) is 0. The van der Waals surface area contributed by atoms with Crippen LogP contribution >= 0.6 is 0 Å². The van der Waals surface area contributed by atoms with Crippen LogP contribution in [-0.4, -0.2) is 42.0 Å². The standard InChI is InChI=1S/C17H25N3O/c1-19(17(21)11-14-7-3-2-4-8-14)15-12-20(13-15)16-9-5-6-10-18-16/h5-6,9-10,14-15H,2-4,7-8,11-13H2,1H3. The predicted octanol–water partition coefficient (Wildman–Crippen LogP) is 2.70. The average molecular weight is 287 g/mol. The molecule has 21 heavy (non-hydrogen) atoms. The van der Waals surface area contributed by atoms with E-state index in [1.165, 1.54) is 32.1 Å². The van der Waals surface area contributed by atoms with Crippen LogP contribution in [0.4, 0.5) is 5.82 Å². The van der Waals surface area contributed by atoms with Gasteiger partial charge in [0.05, 0.1) is 6.04 Å². The van der Waals surface area contributed by atoms with Gasteiger partial charge in [-0.25, -0.2) is 4.98 Å². The third-order valence-corrected chi connectivity index (χ3v) is 4.96. The highest BCUT2D eigenvalue weighted by molar-refractivity contribution is 5.77. The van der Waals surface area contributed by atoms with E-state index in [4.69, 9.17) is 0 Å². The Labute approximate surface area is 127 Å².